The van der Waals surface area contributed by atoms with E-state index in [2.05, 4.69) is 219 Å². The van der Waals surface area contributed by atoms with Crippen LogP contribution in [0.15, 0.2) is 206 Å². The smallest absolute Gasteiger partial charge is 0.0674 e. The van der Waals surface area contributed by atoms with Gasteiger partial charge in [-0.15, -0.1) is 0 Å². The number of para-hydroxylation sites is 1. The summed E-state index contributed by atoms with van der Waals surface area (Å²) in [5, 5.41) is 0. The Kier molecular flexibility index (Phi) is 8.32. The number of rotatable bonds is 8. The average Bonchev–Trinajstić information content (AvgIpc) is 3.49. The minimum Gasteiger partial charge on any atom is -0.310 e. The van der Waals surface area contributed by atoms with E-state index in [9.17, 15) is 0 Å². The van der Waals surface area contributed by atoms with Gasteiger partial charge in [0.25, 0.3) is 0 Å². The molecule has 0 N–H and O–H groups in total. The van der Waals surface area contributed by atoms with Crippen LogP contribution >= 0.6 is 0 Å². The summed E-state index contributed by atoms with van der Waals surface area (Å²) < 4.78 is 0. The van der Waals surface area contributed by atoms with E-state index in [0.717, 1.165) is 17.1 Å². The van der Waals surface area contributed by atoms with Gasteiger partial charge in [0, 0.05) is 16.9 Å². The van der Waals surface area contributed by atoms with Crippen LogP contribution in [0, 0.1) is 0 Å². The molecule has 50 heavy (non-hydrogen) atoms. The molecule has 0 aromatic heterocycles. The standard InChI is InChI=1S/C49H39N/c1-3-4-19-36(2)49(40-25-12-7-13-26-40)46-30-16-14-29-44(46)45-33-32-42(35-47(45)49)50(41-27-18-24-39(34-41)37-20-8-5-9-21-37)48-31-17-15-28-43(48)38-22-10-6-11-23-38/h3-35H,1-2H3/b4-3-,36-19+. The minimum atomic E-state index is -0.459. The molecule has 0 heterocycles. The highest BCUT2D eigenvalue weighted by Gasteiger charge is 2.46. The van der Waals surface area contributed by atoms with E-state index in [4.69, 9.17) is 0 Å². The molecule has 8 rings (SSSR count). The maximum Gasteiger partial charge on any atom is 0.0674 e. The predicted molar refractivity (Wildman–Crippen MR) is 212 cm³/mol. The number of hydrogen-bond donors (Lipinski definition) is 0. The SMILES string of the molecule is C/C=C\C=C(/C)C1(c2ccccc2)c2ccccc2-c2ccc(N(c3cccc(-c4ccccc4)c3)c3ccccc3-c3ccccc3)cc21. The van der Waals surface area contributed by atoms with Crippen molar-refractivity contribution < 1.29 is 0 Å². The third-order valence-corrected chi connectivity index (χ3v) is 10.1. The van der Waals surface area contributed by atoms with Gasteiger partial charge in [0.2, 0.25) is 0 Å². The zero-order valence-electron chi connectivity index (χ0n) is 28.5. The molecule has 1 nitrogen and oxygen atoms in total. The largest absolute Gasteiger partial charge is 0.310 e. The molecule has 0 amide bonds. The fourth-order valence-corrected chi connectivity index (χ4v) is 7.84. The van der Waals surface area contributed by atoms with Gasteiger partial charge in [0.05, 0.1) is 11.1 Å². The molecule has 0 spiro atoms. The molecule has 1 unspecified atom stereocenters. The lowest BCUT2D eigenvalue weighted by Crippen LogP contribution is -2.28. The van der Waals surface area contributed by atoms with E-state index in [1.54, 1.807) is 0 Å². The molecule has 0 saturated heterocycles. The second kappa shape index (κ2) is 13.4. The number of allylic oxidation sites excluding steroid dienone is 4. The van der Waals surface area contributed by atoms with Gasteiger partial charge >= 0.3 is 0 Å². The van der Waals surface area contributed by atoms with Crippen molar-refractivity contribution in [3.63, 3.8) is 0 Å². The molecule has 0 fully saturated rings. The normalized spacial score (nSPS) is 15.1. The molecule has 7 aromatic carbocycles. The number of anilines is 3. The van der Waals surface area contributed by atoms with Gasteiger partial charge in [0.1, 0.15) is 0 Å². The number of fused-ring (bicyclic) bond motifs is 3. The number of nitrogens with zero attached hydrogens (tertiary/aromatic N) is 1. The molecule has 1 aliphatic carbocycles. The van der Waals surface area contributed by atoms with Crippen LogP contribution in [0.5, 0.6) is 0 Å². The fraction of sp³-hybridized carbons (Fsp3) is 0.0612. The van der Waals surface area contributed by atoms with Crippen molar-refractivity contribution >= 4 is 17.1 Å². The maximum atomic E-state index is 2.45. The van der Waals surface area contributed by atoms with Crippen LogP contribution in [0.1, 0.15) is 30.5 Å². The fourth-order valence-electron chi connectivity index (χ4n) is 7.84. The summed E-state index contributed by atoms with van der Waals surface area (Å²) >= 11 is 0. The molecule has 1 aliphatic rings. The van der Waals surface area contributed by atoms with Crippen LogP contribution in [-0.2, 0) is 5.41 Å². The topological polar surface area (TPSA) is 3.24 Å². The Morgan fingerprint density at radius 1 is 0.480 bits per heavy atom. The van der Waals surface area contributed by atoms with Gasteiger partial charge in [-0.05, 0) is 88.7 Å². The van der Waals surface area contributed by atoms with Crippen molar-refractivity contribution in [3.05, 3.63) is 222 Å². The van der Waals surface area contributed by atoms with E-state index in [0.29, 0.717) is 0 Å². The van der Waals surface area contributed by atoms with Crippen molar-refractivity contribution in [3.8, 4) is 33.4 Å². The Morgan fingerprint density at radius 2 is 1.06 bits per heavy atom. The van der Waals surface area contributed by atoms with E-state index < -0.39 is 5.41 Å². The van der Waals surface area contributed by atoms with Crippen molar-refractivity contribution in [2.45, 2.75) is 19.3 Å². The first-order valence-corrected chi connectivity index (χ1v) is 17.4. The lowest BCUT2D eigenvalue weighted by molar-refractivity contribution is 0.746. The van der Waals surface area contributed by atoms with Gasteiger partial charge < -0.3 is 4.90 Å². The zero-order valence-corrected chi connectivity index (χ0v) is 28.5. The molecule has 1 heteroatoms. The summed E-state index contributed by atoms with van der Waals surface area (Å²) in [6.07, 6.45) is 6.57. The summed E-state index contributed by atoms with van der Waals surface area (Å²) in [7, 11) is 0. The van der Waals surface area contributed by atoms with Gasteiger partial charge in [-0.25, -0.2) is 0 Å². The molecule has 0 radical (unpaired) electrons. The lowest BCUT2D eigenvalue weighted by atomic mass is 9.67. The highest BCUT2D eigenvalue weighted by atomic mass is 15.1. The van der Waals surface area contributed by atoms with Gasteiger partial charge in [-0.3, -0.25) is 0 Å². The number of benzene rings is 7. The van der Waals surface area contributed by atoms with Crippen LogP contribution in [0.3, 0.4) is 0 Å². The van der Waals surface area contributed by atoms with Gasteiger partial charge in [-0.2, -0.15) is 0 Å². The summed E-state index contributed by atoms with van der Waals surface area (Å²) in [6.45, 7) is 4.37. The highest BCUT2D eigenvalue weighted by molar-refractivity contribution is 5.92. The summed E-state index contributed by atoms with van der Waals surface area (Å²) in [5.41, 5.74) is 15.4. The lowest BCUT2D eigenvalue weighted by Gasteiger charge is -2.35. The second-order valence-electron chi connectivity index (χ2n) is 12.9. The molecule has 0 saturated carbocycles. The molecular weight excluding hydrogens is 603 g/mol. The molecule has 240 valence electrons. The van der Waals surface area contributed by atoms with Crippen molar-refractivity contribution in [1.82, 2.24) is 0 Å². The molecular formula is C49H39N. The molecule has 0 aliphatic heterocycles. The first-order chi connectivity index (χ1) is 24.7. The Hall–Kier alpha value is -6.18. The van der Waals surface area contributed by atoms with Crippen LogP contribution in [-0.4, -0.2) is 0 Å². The van der Waals surface area contributed by atoms with Crippen LogP contribution in [0.2, 0.25) is 0 Å². The first kappa shape index (κ1) is 31.1. The Bertz CT molecular complexity index is 2330. The molecule has 1 atom stereocenters. The highest BCUT2D eigenvalue weighted by Crippen LogP contribution is 2.57. The van der Waals surface area contributed by atoms with Crippen LogP contribution in [0.25, 0.3) is 33.4 Å². The second-order valence-corrected chi connectivity index (χ2v) is 12.9. The van der Waals surface area contributed by atoms with Crippen LogP contribution in [0.4, 0.5) is 17.1 Å². The van der Waals surface area contributed by atoms with E-state index in [1.165, 1.54) is 55.6 Å². The molecule has 7 aromatic rings. The van der Waals surface area contributed by atoms with Gasteiger partial charge in [0.15, 0.2) is 0 Å². The first-order valence-electron chi connectivity index (χ1n) is 17.4. The quantitative estimate of drug-likeness (QED) is 0.149. The summed E-state index contributed by atoms with van der Waals surface area (Å²) in [6, 6.07) is 66.2. The number of hydrogen-bond acceptors (Lipinski definition) is 1. The van der Waals surface area contributed by atoms with E-state index >= 15 is 0 Å². The summed E-state index contributed by atoms with van der Waals surface area (Å²) in [4.78, 5) is 2.44. The zero-order chi connectivity index (χ0) is 33.9. The summed E-state index contributed by atoms with van der Waals surface area (Å²) in [5.74, 6) is 0. The van der Waals surface area contributed by atoms with Crippen LogP contribution < -0.4 is 4.90 Å². The van der Waals surface area contributed by atoms with Gasteiger partial charge in [-0.1, -0.05) is 175 Å². The Balaban J connectivity index is 1.42. The Labute approximate surface area is 296 Å². The van der Waals surface area contributed by atoms with Crippen molar-refractivity contribution in [2.24, 2.45) is 0 Å². The third-order valence-electron chi connectivity index (χ3n) is 10.1. The van der Waals surface area contributed by atoms with E-state index in [-0.39, 0.29) is 0 Å². The Morgan fingerprint density at radius 3 is 1.80 bits per heavy atom. The monoisotopic (exact) mass is 641 g/mol. The maximum absolute atomic E-state index is 2.45. The minimum absolute atomic E-state index is 0.459. The van der Waals surface area contributed by atoms with Crippen molar-refractivity contribution in [2.75, 3.05) is 4.90 Å². The third kappa shape index (κ3) is 5.29. The van der Waals surface area contributed by atoms with Crippen molar-refractivity contribution in [1.29, 1.82) is 0 Å². The predicted octanol–water partition coefficient (Wildman–Crippen LogP) is 13.3. The van der Waals surface area contributed by atoms with E-state index in [1.807, 2.05) is 0 Å². The molecule has 0 bridgehead atoms. The average molecular weight is 642 g/mol.